The van der Waals surface area contributed by atoms with Crippen molar-refractivity contribution >= 4 is 22.3 Å². The van der Waals surface area contributed by atoms with Crippen LogP contribution < -0.4 is 10.2 Å². The van der Waals surface area contributed by atoms with Crippen molar-refractivity contribution < 1.29 is 81.7 Å². The molecule has 0 saturated heterocycles. The van der Waals surface area contributed by atoms with Gasteiger partial charge in [0.25, 0.3) is 0 Å². The molecule has 2 atom stereocenters. The molecular weight excluding hydrogens is 374 g/mol. The second kappa shape index (κ2) is 15.8. The van der Waals surface area contributed by atoms with Crippen LogP contribution in [0.3, 0.4) is 0 Å². The fourth-order valence-corrected chi connectivity index (χ4v) is 0. The average molecular weight is 384 g/mol. The molecule has 0 spiro atoms. The number of aliphatic carboxylic acids is 2. The number of hydrogen-bond donors (Lipinski definition) is 2. The monoisotopic (exact) mass is 384 g/mol. The van der Waals surface area contributed by atoms with E-state index in [1.54, 1.807) is 0 Å². The van der Waals surface area contributed by atoms with E-state index in [4.69, 9.17) is 27.7 Å². The molecule has 0 aromatic heterocycles. The summed E-state index contributed by atoms with van der Waals surface area (Å²) in [4.78, 5) is 18.7. The Morgan fingerprint density at radius 3 is 0.947 bits per heavy atom. The summed E-state index contributed by atoms with van der Waals surface area (Å²) >= 11 is 0. The van der Waals surface area contributed by atoms with E-state index in [-0.39, 0.29) is 34.1 Å². The van der Waals surface area contributed by atoms with Crippen molar-refractivity contribution in [2.45, 2.75) is 26.1 Å². The molecule has 0 aromatic rings. The van der Waals surface area contributed by atoms with Gasteiger partial charge in [-0.1, -0.05) is 0 Å². The van der Waals surface area contributed by atoms with Crippen LogP contribution in [0.2, 0.25) is 0 Å². The van der Waals surface area contributed by atoms with Crippen molar-refractivity contribution in [3.63, 3.8) is 0 Å². The molecule has 0 aliphatic heterocycles. The van der Waals surface area contributed by atoms with E-state index < -0.39 is 34.5 Å². The van der Waals surface area contributed by atoms with E-state index in [0.29, 0.717) is 0 Å². The number of rotatable bonds is 2. The van der Waals surface area contributed by atoms with Gasteiger partial charge < -0.3 is 39.1 Å². The Balaban J connectivity index is -0.0000000492. The van der Waals surface area contributed by atoms with Crippen molar-refractivity contribution in [2.24, 2.45) is 0 Å². The summed E-state index contributed by atoms with van der Waals surface area (Å²) in [7, 11) is -5.17. The molecule has 2 radical (unpaired) electrons. The number of aliphatic hydroxyl groups excluding tert-OH is 2. The molecule has 0 rings (SSSR count). The van der Waals surface area contributed by atoms with Crippen LogP contribution in [0.1, 0.15) is 13.8 Å². The van der Waals surface area contributed by atoms with E-state index in [9.17, 15) is 19.8 Å². The third-order valence-electron chi connectivity index (χ3n) is 0.682. The Hall–Kier alpha value is -0.231. The zero-order chi connectivity index (χ0) is 14.8. The van der Waals surface area contributed by atoms with E-state index in [2.05, 4.69) is 0 Å². The average Bonchev–Trinajstić information content (AvgIpc) is 2.01. The molecule has 0 heterocycles. The maximum absolute atomic E-state index is 9.34. The molecule has 0 aliphatic carbocycles. The van der Waals surface area contributed by atoms with Crippen molar-refractivity contribution in [2.75, 3.05) is 0 Å². The maximum Gasteiger partial charge on any atom is 2.00 e. The molecule has 0 saturated carbocycles. The standard InChI is InChI=1S/2C3H6O3.2Mn.H2O4S/c2*1-2(4)3(5)6;;;1-5(2,3)4/h2*2,4H,1H3,(H,5,6);;;(H2,1,2,3,4)/q;;2*+2;/p-4. The zero-order valence-electron chi connectivity index (χ0n) is 9.48. The van der Waals surface area contributed by atoms with Gasteiger partial charge in [-0.2, -0.15) is 0 Å². The van der Waals surface area contributed by atoms with Gasteiger partial charge in [0.15, 0.2) is 0 Å². The van der Waals surface area contributed by atoms with Crippen LogP contribution in [0.15, 0.2) is 0 Å². The third kappa shape index (κ3) is 73.2. The van der Waals surface area contributed by atoms with Crippen LogP contribution in [0.5, 0.6) is 0 Å². The fourth-order valence-electron chi connectivity index (χ4n) is 0. The van der Waals surface area contributed by atoms with E-state index in [1.807, 2.05) is 0 Å². The molecule has 0 aliphatic rings. The molecule has 2 N–H and O–H groups in total. The molecule has 2 unspecified atom stereocenters. The SMILES string of the molecule is CC(O)C(=O)[O-].CC(O)C(=O)[O-].O=S(=O)([O-])[O-].[Mn+2].[Mn+2]. The van der Waals surface area contributed by atoms with Crippen LogP contribution in [-0.2, 0) is 54.1 Å². The number of hydrogen-bond acceptors (Lipinski definition) is 10. The molecule has 0 bridgehead atoms. The van der Waals surface area contributed by atoms with Crippen molar-refractivity contribution in [3.05, 3.63) is 0 Å². The maximum atomic E-state index is 9.34. The molecule has 0 fully saturated rings. The van der Waals surface area contributed by atoms with Gasteiger partial charge in [0.1, 0.15) is 0 Å². The summed E-state index contributed by atoms with van der Waals surface area (Å²) in [6, 6.07) is 0. The van der Waals surface area contributed by atoms with Crippen LogP contribution in [0, 0.1) is 0 Å². The Morgan fingerprint density at radius 2 is 0.947 bits per heavy atom. The Morgan fingerprint density at radius 1 is 0.895 bits per heavy atom. The van der Waals surface area contributed by atoms with E-state index >= 15 is 0 Å². The van der Waals surface area contributed by atoms with Crippen molar-refractivity contribution in [1.82, 2.24) is 0 Å². The second-order valence-electron chi connectivity index (χ2n) is 2.40. The molecule has 114 valence electrons. The molecular formula is C6H10Mn2O10S. The number of carbonyl (C=O) groups excluding carboxylic acids is 2. The summed E-state index contributed by atoms with van der Waals surface area (Å²) < 4.78 is 34.1. The minimum atomic E-state index is -5.17. The summed E-state index contributed by atoms with van der Waals surface area (Å²) in [5.74, 6) is -2.87. The predicted octanol–water partition coefficient (Wildman–Crippen LogP) is -5.11. The first-order valence-electron chi connectivity index (χ1n) is 3.73. The summed E-state index contributed by atoms with van der Waals surface area (Å²) in [6.45, 7) is 2.27. The predicted molar refractivity (Wildman–Crippen MR) is 43.9 cm³/mol. The third-order valence-corrected chi connectivity index (χ3v) is 0.682. The molecule has 0 amide bonds. The first-order chi connectivity index (χ1) is 7.29. The van der Waals surface area contributed by atoms with Gasteiger partial charge >= 0.3 is 34.1 Å². The Kier molecular flexibility index (Phi) is 26.0. The minimum absolute atomic E-state index is 0. The van der Waals surface area contributed by atoms with Crippen LogP contribution in [0.25, 0.3) is 0 Å². The topological polar surface area (TPSA) is 201 Å². The first kappa shape index (κ1) is 31.3. The van der Waals surface area contributed by atoms with Gasteiger partial charge in [-0.25, -0.2) is 0 Å². The fraction of sp³-hybridized carbons (Fsp3) is 0.667. The number of aliphatic hydroxyl groups is 2. The molecule has 0 aromatic carbocycles. The smallest absolute Gasteiger partial charge is 0.759 e. The largest absolute Gasteiger partial charge is 2.00 e. The van der Waals surface area contributed by atoms with Crippen molar-refractivity contribution in [3.8, 4) is 0 Å². The van der Waals surface area contributed by atoms with E-state index in [1.165, 1.54) is 0 Å². The van der Waals surface area contributed by atoms with Gasteiger partial charge in [0.05, 0.1) is 24.1 Å². The van der Waals surface area contributed by atoms with Gasteiger partial charge in [-0.05, 0) is 13.8 Å². The second-order valence-corrected chi connectivity index (χ2v) is 3.21. The summed E-state index contributed by atoms with van der Waals surface area (Å²) in [6.07, 6.45) is -2.69. The zero-order valence-corrected chi connectivity index (χ0v) is 12.7. The van der Waals surface area contributed by atoms with Gasteiger partial charge in [0.2, 0.25) is 0 Å². The number of carboxylic acid groups (broad SMARTS) is 2. The van der Waals surface area contributed by atoms with Crippen molar-refractivity contribution in [1.29, 1.82) is 0 Å². The number of carbonyl (C=O) groups is 2. The Bertz CT molecular complexity index is 299. The van der Waals surface area contributed by atoms with Gasteiger partial charge in [-0.15, -0.1) is 0 Å². The van der Waals surface area contributed by atoms with Gasteiger partial charge in [0, 0.05) is 10.4 Å². The van der Waals surface area contributed by atoms with Crippen LogP contribution in [0.4, 0.5) is 0 Å². The summed E-state index contributed by atoms with van der Waals surface area (Å²) in [5.41, 5.74) is 0. The minimum Gasteiger partial charge on any atom is -0.759 e. The van der Waals surface area contributed by atoms with Gasteiger partial charge in [-0.3, -0.25) is 8.42 Å². The Labute approximate surface area is 130 Å². The summed E-state index contributed by atoms with van der Waals surface area (Å²) in [5, 5.41) is 34.6. The first-order valence-corrected chi connectivity index (χ1v) is 5.06. The molecule has 19 heavy (non-hydrogen) atoms. The molecule has 13 heteroatoms. The van der Waals surface area contributed by atoms with Crippen LogP contribution in [-0.4, -0.2) is 51.9 Å². The number of carboxylic acids is 2. The normalized spacial score (nSPS) is 11.7. The molecule has 10 nitrogen and oxygen atoms in total. The van der Waals surface area contributed by atoms with Crippen LogP contribution >= 0.6 is 0 Å². The van der Waals surface area contributed by atoms with E-state index in [0.717, 1.165) is 13.8 Å². The quantitative estimate of drug-likeness (QED) is 0.263.